The van der Waals surface area contributed by atoms with Crippen LogP contribution < -0.4 is 0 Å². The highest BCUT2D eigenvalue weighted by Crippen LogP contribution is 2.36. The fourth-order valence-electron chi connectivity index (χ4n) is 2.43. The van der Waals surface area contributed by atoms with Gasteiger partial charge in [-0.2, -0.15) is 17.5 Å². The first-order chi connectivity index (χ1) is 9.66. The average Bonchev–Trinajstić information content (AvgIpc) is 2.80. The van der Waals surface area contributed by atoms with Crippen LogP contribution in [-0.2, 0) is 16.6 Å². The van der Waals surface area contributed by atoms with Crippen molar-refractivity contribution in [3.63, 3.8) is 0 Å². The van der Waals surface area contributed by atoms with Gasteiger partial charge in [0.25, 0.3) is 0 Å². The van der Waals surface area contributed by atoms with Crippen LogP contribution in [0.25, 0.3) is 0 Å². The summed E-state index contributed by atoms with van der Waals surface area (Å²) < 4.78 is 64.3. The Hall–Kier alpha value is -0.640. The Bertz CT molecular complexity index is 610. The predicted molar refractivity (Wildman–Crippen MR) is 72.5 cm³/mol. The monoisotopic (exact) mass is 343 g/mol. The minimum atomic E-state index is -4.38. The van der Waals surface area contributed by atoms with Gasteiger partial charge in [0.05, 0.1) is 17.4 Å². The molecule has 0 saturated carbocycles. The zero-order valence-electron chi connectivity index (χ0n) is 11.4. The maximum atomic E-state index is 12.8. The largest absolute Gasteiger partial charge is 0.393 e. The van der Waals surface area contributed by atoms with Crippen molar-refractivity contribution in [1.82, 2.24) is 4.31 Å². The number of aliphatic hydroxyl groups is 1. The molecule has 0 radical (unpaired) electrons. The summed E-state index contributed by atoms with van der Waals surface area (Å²) in [6.45, 7) is 0.863. The molecule has 4 nitrogen and oxygen atoms in total. The van der Waals surface area contributed by atoms with E-state index in [1.54, 1.807) is 6.92 Å². The number of aryl methyl sites for hydroxylation is 1. The van der Waals surface area contributed by atoms with Gasteiger partial charge in [0, 0.05) is 22.8 Å². The van der Waals surface area contributed by atoms with Crippen molar-refractivity contribution < 1.29 is 26.7 Å². The van der Waals surface area contributed by atoms with Crippen molar-refractivity contribution in [3.8, 4) is 0 Å². The lowest BCUT2D eigenvalue weighted by atomic mass is 9.99. The van der Waals surface area contributed by atoms with E-state index < -0.39 is 28.7 Å². The van der Waals surface area contributed by atoms with Crippen LogP contribution in [0.5, 0.6) is 0 Å². The quantitative estimate of drug-likeness (QED) is 0.917. The van der Waals surface area contributed by atoms with Crippen LogP contribution in [0.4, 0.5) is 13.2 Å². The van der Waals surface area contributed by atoms with Crippen LogP contribution in [0.15, 0.2) is 11.0 Å². The lowest BCUT2D eigenvalue weighted by molar-refractivity contribution is -0.182. The summed E-state index contributed by atoms with van der Waals surface area (Å²) in [6.07, 6.45) is -4.23. The standard InChI is InChI=1S/C12H16F3NO3S2/c1-8-11(5-10(7-17)20-8)21(18,19)16-4-2-3-9(6-16)12(13,14)15/h5,9,17H,2-4,6-7H2,1H3. The van der Waals surface area contributed by atoms with E-state index in [2.05, 4.69) is 0 Å². The maximum Gasteiger partial charge on any atom is 0.393 e. The Morgan fingerprint density at radius 1 is 1.48 bits per heavy atom. The molecule has 1 N–H and O–H groups in total. The van der Waals surface area contributed by atoms with E-state index >= 15 is 0 Å². The van der Waals surface area contributed by atoms with Gasteiger partial charge in [-0.3, -0.25) is 0 Å². The Balaban J connectivity index is 2.28. The summed E-state index contributed by atoms with van der Waals surface area (Å²) in [5.74, 6) is -1.61. The molecule has 2 rings (SSSR count). The molecule has 0 amide bonds. The van der Waals surface area contributed by atoms with Crippen molar-refractivity contribution in [2.75, 3.05) is 13.1 Å². The van der Waals surface area contributed by atoms with Gasteiger partial charge in [0.1, 0.15) is 0 Å². The molecule has 0 aromatic carbocycles. The minimum absolute atomic E-state index is 0.000579. The van der Waals surface area contributed by atoms with Gasteiger partial charge in [0.2, 0.25) is 10.0 Å². The van der Waals surface area contributed by atoms with Crippen LogP contribution in [0.2, 0.25) is 0 Å². The molecule has 120 valence electrons. The van der Waals surface area contributed by atoms with Gasteiger partial charge in [-0.1, -0.05) is 0 Å². The summed E-state index contributed by atoms with van der Waals surface area (Å²) in [4.78, 5) is 0.961. The first kappa shape index (κ1) is 16.7. The highest BCUT2D eigenvalue weighted by atomic mass is 32.2. The SMILES string of the molecule is Cc1sc(CO)cc1S(=O)(=O)N1CCCC(C(F)(F)F)C1. The van der Waals surface area contributed by atoms with Crippen molar-refractivity contribution in [3.05, 3.63) is 15.8 Å². The number of halogens is 3. The molecule has 1 aliphatic heterocycles. The molecule has 9 heteroatoms. The van der Waals surface area contributed by atoms with Crippen LogP contribution >= 0.6 is 11.3 Å². The lowest BCUT2D eigenvalue weighted by Crippen LogP contribution is -2.44. The summed E-state index contributed by atoms with van der Waals surface area (Å²) in [7, 11) is -3.94. The van der Waals surface area contributed by atoms with Gasteiger partial charge in [-0.05, 0) is 25.8 Å². The highest BCUT2D eigenvalue weighted by molar-refractivity contribution is 7.89. The number of thiophene rings is 1. The number of piperidine rings is 1. The number of rotatable bonds is 3. The molecule has 21 heavy (non-hydrogen) atoms. The zero-order chi connectivity index (χ0) is 15.8. The molecule has 1 saturated heterocycles. The zero-order valence-corrected chi connectivity index (χ0v) is 13.0. The molecule has 2 heterocycles. The third-order valence-electron chi connectivity index (χ3n) is 3.54. The van der Waals surface area contributed by atoms with Crippen molar-refractivity contribution in [2.24, 2.45) is 5.92 Å². The number of sulfonamides is 1. The first-order valence-electron chi connectivity index (χ1n) is 6.43. The van der Waals surface area contributed by atoms with E-state index in [0.717, 1.165) is 15.6 Å². The minimum Gasteiger partial charge on any atom is -0.391 e. The van der Waals surface area contributed by atoms with Crippen molar-refractivity contribution >= 4 is 21.4 Å². The fraction of sp³-hybridized carbons (Fsp3) is 0.667. The van der Waals surface area contributed by atoms with Crippen molar-refractivity contribution in [2.45, 2.75) is 37.4 Å². The van der Waals surface area contributed by atoms with E-state index in [9.17, 15) is 21.6 Å². The number of alkyl halides is 3. The molecule has 0 bridgehead atoms. The van der Waals surface area contributed by atoms with E-state index in [1.807, 2.05) is 0 Å². The number of nitrogens with zero attached hydrogens (tertiary/aromatic N) is 1. The summed E-state index contributed by atoms with van der Waals surface area (Å²) in [5.41, 5.74) is 0. The van der Waals surface area contributed by atoms with Gasteiger partial charge < -0.3 is 5.11 Å². The second kappa shape index (κ2) is 5.86. The summed E-state index contributed by atoms with van der Waals surface area (Å²) in [6, 6.07) is 1.34. The smallest absolute Gasteiger partial charge is 0.391 e. The summed E-state index contributed by atoms with van der Waals surface area (Å²) >= 11 is 1.13. The Morgan fingerprint density at radius 3 is 2.67 bits per heavy atom. The molecule has 1 aromatic rings. The Kier molecular flexibility index (Phi) is 4.67. The lowest BCUT2D eigenvalue weighted by Gasteiger charge is -2.32. The number of aliphatic hydroxyl groups excluding tert-OH is 1. The van der Waals surface area contributed by atoms with Crippen LogP contribution in [0.3, 0.4) is 0 Å². The molecular weight excluding hydrogens is 327 g/mol. The summed E-state index contributed by atoms with van der Waals surface area (Å²) in [5, 5.41) is 9.05. The van der Waals surface area contributed by atoms with E-state index in [0.29, 0.717) is 9.75 Å². The van der Waals surface area contributed by atoms with Crippen LogP contribution in [0, 0.1) is 12.8 Å². The third kappa shape index (κ3) is 3.41. The molecule has 0 spiro atoms. The second-order valence-corrected chi connectivity index (χ2v) is 8.28. The molecule has 1 aliphatic rings. The topological polar surface area (TPSA) is 57.6 Å². The molecule has 1 aromatic heterocycles. The van der Waals surface area contributed by atoms with Gasteiger partial charge in [-0.15, -0.1) is 11.3 Å². The number of hydrogen-bond donors (Lipinski definition) is 1. The third-order valence-corrected chi connectivity index (χ3v) is 6.70. The second-order valence-electron chi connectivity index (χ2n) is 5.04. The average molecular weight is 343 g/mol. The Labute approximate surface area is 125 Å². The van der Waals surface area contributed by atoms with Crippen LogP contribution in [-0.4, -0.2) is 37.1 Å². The molecule has 0 aliphatic carbocycles. The maximum absolute atomic E-state index is 12.8. The number of hydrogen-bond acceptors (Lipinski definition) is 4. The van der Waals surface area contributed by atoms with E-state index in [-0.39, 0.29) is 30.9 Å². The fourth-order valence-corrected chi connectivity index (χ4v) is 5.41. The molecule has 1 atom stereocenters. The van der Waals surface area contributed by atoms with Gasteiger partial charge >= 0.3 is 6.18 Å². The molecular formula is C12H16F3NO3S2. The normalized spacial score (nSPS) is 21.7. The van der Waals surface area contributed by atoms with Crippen LogP contribution in [0.1, 0.15) is 22.6 Å². The van der Waals surface area contributed by atoms with E-state index in [1.165, 1.54) is 6.07 Å². The predicted octanol–water partition coefficient (Wildman–Crippen LogP) is 2.51. The van der Waals surface area contributed by atoms with E-state index in [4.69, 9.17) is 5.11 Å². The Morgan fingerprint density at radius 2 is 2.14 bits per heavy atom. The van der Waals surface area contributed by atoms with Crippen molar-refractivity contribution in [1.29, 1.82) is 0 Å². The molecule has 1 unspecified atom stereocenters. The van der Waals surface area contributed by atoms with Gasteiger partial charge in [0.15, 0.2) is 0 Å². The van der Waals surface area contributed by atoms with Gasteiger partial charge in [-0.25, -0.2) is 8.42 Å². The highest BCUT2D eigenvalue weighted by Gasteiger charge is 2.44. The first-order valence-corrected chi connectivity index (χ1v) is 8.69. The molecule has 1 fully saturated rings.